The van der Waals surface area contributed by atoms with Crippen LogP contribution in [0.15, 0.2) is 41.5 Å². The van der Waals surface area contributed by atoms with Crippen LogP contribution < -0.4 is 21.3 Å². The van der Waals surface area contributed by atoms with E-state index in [-0.39, 0.29) is 65.1 Å². The molecular weight excluding hydrogens is 623 g/mol. The first kappa shape index (κ1) is 32.0. The molecule has 0 bridgehead atoms. The third-order valence-corrected chi connectivity index (χ3v) is 7.95. The standard InChI is InChI=1S/C29H28ClF5N8O2/c1-14(40-26-21(25(37)38-13-39-26)24(36)16-6-7-19(45-2)23(32)22(16)31)27-41-18-5-3-4-17(30)20(18)28(44)43(27)15-8-10-42(11-9-15)12-29(33,34)35/h3-7,13-15,36H,8-12H2,1-2H3,(H3,37,38,39,40). The second-order valence-corrected chi connectivity index (χ2v) is 11.0. The third-order valence-electron chi connectivity index (χ3n) is 7.63. The van der Waals surface area contributed by atoms with Gasteiger partial charge < -0.3 is 15.8 Å². The number of aromatic nitrogens is 4. The molecule has 1 atom stereocenters. The number of ether oxygens (including phenoxy) is 1. The molecule has 1 fully saturated rings. The number of rotatable bonds is 8. The Labute approximate surface area is 258 Å². The predicted octanol–water partition coefficient (Wildman–Crippen LogP) is 5.50. The maximum absolute atomic E-state index is 15.0. The minimum atomic E-state index is -4.35. The number of hydrogen-bond donors (Lipinski definition) is 3. The Kier molecular flexibility index (Phi) is 8.94. The average Bonchev–Trinajstić information content (AvgIpc) is 2.98. The lowest BCUT2D eigenvalue weighted by Crippen LogP contribution is -2.43. The summed E-state index contributed by atoms with van der Waals surface area (Å²) >= 11 is 6.38. The number of piperidine rings is 1. The number of fused-ring (bicyclic) bond motifs is 1. The van der Waals surface area contributed by atoms with Gasteiger partial charge in [-0.2, -0.15) is 17.6 Å². The molecule has 0 aliphatic carbocycles. The Bertz CT molecular complexity index is 1830. The molecule has 4 aromatic rings. The van der Waals surface area contributed by atoms with Crippen molar-refractivity contribution in [3.05, 3.63) is 80.6 Å². The largest absolute Gasteiger partial charge is 0.494 e. The van der Waals surface area contributed by atoms with Crippen molar-refractivity contribution in [3.63, 3.8) is 0 Å². The molecule has 0 amide bonds. The van der Waals surface area contributed by atoms with E-state index in [2.05, 4.69) is 15.3 Å². The van der Waals surface area contributed by atoms with Crippen LogP contribution in [0.2, 0.25) is 5.02 Å². The Morgan fingerprint density at radius 2 is 1.89 bits per heavy atom. The van der Waals surface area contributed by atoms with E-state index < -0.39 is 53.3 Å². The van der Waals surface area contributed by atoms with Gasteiger partial charge in [0.15, 0.2) is 11.6 Å². The summed E-state index contributed by atoms with van der Waals surface area (Å²) in [5, 5.41) is 12.1. The highest BCUT2D eigenvalue weighted by Gasteiger charge is 2.34. The molecule has 238 valence electrons. The van der Waals surface area contributed by atoms with E-state index in [1.54, 1.807) is 25.1 Å². The first-order valence-electron chi connectivity index (χ1n) is 13.8. The Morgan fingerprint density at radius 3 is 2.56 bits per heavy atom. The molecule has 2 aromatic carbocycles. The van der Waals surface area contributed by atoms with Gasteiger partial charge in [-0.1, -0.05) is 17.7 Å². The molecule has 1 aliphatic heterocycles. The number of likely N-dealkylation sites (tertiary alicyclic amines) is 1. The minimum Gasteiger partial charge on any atom is -0.494 e. The van der Waals surface area contributed by atoms with Crippen LogP contribution >= 0.6 is 11.6 Å². The quantitative estimate of drug-likeness (QED) is 0.168. The minimum absolute atomic E-state index is 0.0254. The lowest BCUT2D eigenvalue weighted by molar-refractivity contribution is -0.148. The number of anilines is 2. The number of alkyl halides is 3. The zero-order valence-corrected chi connectivity index (χ0v) is 24.8. The van der Waals surface area contributed by atoms with Crippen LogP contribution in [0.3, 0.4) is 0 Å². The van der Waals surface area contributed by atoms with Gasteiger partial charge in [0.25, 0.3) is 5.56 Å². The van der Waals surface area contributed by atoms with E-state index in [0.29, 0.717) is 5.52 Å². The van der Waals surface area contributed by atoms with Crippen molar-refractivity contribution in [2.75, 3.05) is 37.8 Å². The van der Waals surface area contributed by atoms with E-state index in [1.807, 2.05) is 0 Å². The molecule has 1 saturated heterocycles. The number of halogens is 6. The number of nitrogen functional groups attached to an aromatic ring is 1. The Morgan fingerprint density at radius 1 is 1.18 bits per heavy atom. The summed E-state index contributed by atoms with van der Waals surface area (Å²) in [6, 6.07) is 5.81. The van der Waals surface area contributed by atoms with Gasteiger partial charge in [-0.3, -0.25) is 19.7 Å². The molecule has 10 nitrogen and oxygen atoms in total. The van der Waals surface area contributed by atoms with Crippen molar-refractivity contribution >= 4 is 39.9 Å². The highest BCUT2D eigenvalue weighted by Crippen LogP contribution is 2.32. The van der Waals surface area contributed by atoms with Crippen LogP contribution in [-0.2, 0) is 0 Å². The maximum Gasteiger partial charge on any atom is 0.401 e. The zero-order valence-electron chi connectivity index (χ0n) is 24.1. The van der Waals surface area contributed by atoms with Gasteiger partial charge in [0, 0.05) is 24.7 Å². The van der Waals surface area contributed by atoms with E-state index in [0.717, 1.165) is 12.4 Å². The molecule has 4 N–H and O–H groups in total. The smallest absolute Gasteiger partial charge is 0.401 e. The number of nitrogens with zero attached hydrogens (tertiary/aromatic N) is 5. The van der Waals surface area contributed by atoms with Crippen molar-refractivity contribution < 1.29 is 26.7 Å². The molecular formula is C29H28ClF5N8O2. The summed E-state index contributed by atoms with van der Waals surface area (Å²) in [5.41, 5.74) is 4.85. The number of hydrogen-bond acceptors (Lipinski definition) is 9. The van der Waals surface area contributed by atoms with Gasteiger partial charge in [-0.05, 0) is 44.0 Å². The van der Waals surface area contributed by atoms with Crippen LogP contribution in [0, 0.1) is 17.0 Å². The summed E-state index contributed by atoms with van der Waals surface area (Å²) in [7, 11) is 1.18. The maximum atomic E-state index is 15.0. The molecule has 2 aromatic heterocycles. The van der Waals surface area contributed by atoms with E-state index >= 15 is 0 Å². The predicted molar refractivity (Wildman–Crippen MR) is 159 cm³/mol. The summed E-state index contributed by atoms with van der Waals surface area (Å²) in [6.07, 6.45) is -2.75. The van der Waals surface area contributed by atoms with Crippen molar-refractivity contribution in [1.29, 1.82) is 5.41 Å². The van der Waals surface area contributed by atoms with E-state index in [9.17, 15) is 26.7 Å². The monoisotopic (exact) mass is 650 g/mol. The van der Waals surface area contributed by atoms with Crippen molar-refractivity contribution in [1.82, 2.24) is 24.4 Å². The van der Waals surface area contributed by atoms with Crippen LogP contribution in [0.1, 0.15) is 48.8 Å². The fourth-order valence-corrected chi connectivity index (χ4v) is 5.76. The highest BCUT2D eigenvalue weighted by molar-refractivity contribution is 6.35. The van der Waals surface area contributed by atoms with E-state index in [1.165, 1.54) is 22.6 Å². The van der Waals surface area contributed by atoms with Crippen LogP contribution in [0.25, 0.3) is 10.9 Å². The Balaban J connectivity index is 1.55. The lowest BCUT2D eigenvalue weighted by Gasteiger charge is -2.34. The van der Waals surface area contributed by atoms with Crippen molar-refractivity contribution in [2.45, 2.75) is 38.0 Å². The second-order valence-electron chi connectivity index (χ2n) is 10.6. The number of benzene rings is 2. The van der Waals surface area contributed by atoms with Crippen LogP contribution in [-0.4, -0.2) is 63.1 Å². The molecule has 0 radical (unpaired) electrons. The van der Waals surface area contributed by atoms with Gasteiger partial charge in [-0.15, -0.1) is 0 Å². The van der Waals surface area contributed by atoms with Crippen molar-refractivity contribution in [3.8, 4) is 5.75 Å². The van der Waals surface area contributed by atoms with Gasteiger partial charge in [0.05, 0.1) is 46.9 Å². The van der Waals surface area contributed by atoms with Crippen molar-refractivity contribution in [2.24, 2.45) is 0 Å². The molecule has 3 heterocycles. The van der Waals surface area contributed by atoms with Crippen LogP contribution in [0.4, 0.5) is 33.6 Å². The number of methoxy groups -OCH3 is 1. The van der Waals surface area contributed by atoms with Gasteiger partial charge >= 0.3 is 6.18 Å². The lowest BCUT2D eigenvalue weighted by atomic mass is 10.0. The molecule has 45 heavy (non-hydrogen) atoms. The SMILES string of the molecule is COc1ccc(C(=N)c2c(N)ncnc2NC(C)c2nc3cccc(Cl)c3c(=O)n2C2CCN(CC(F)(F)F)CC2)c(F)c1F. The van der Waals surface area contributed by atoms with Gasteiger partial charge in [-0.25, -0.2) is 19.3 Å². The van der Waals surface area contributed by atoms with Gasteiger partial charge in [0.1, 0.15) is 23.8 Å². The van der Waals surface area contributed by atoms with Crippen LogP contribution in [0.5, 0.6) is 5.75 Å². The normalized spacial score (nSPS) is 15.3. The summed E-state index contributed by atoms with van der Waals surface area (Å²) in [6.45, 7) is 0.814. The topological polar surface area (TPSA) is 135 Å². The number of nitrogens with two attached hydrogens (primary N) is 1. The molecule has 1 aliphatic rings. The summed E-state index contributed by atoms with van der Waals surface area (Å²) in [4.78, 5) is 28.0. The summed E-state index contributed by atoms with van der Waals surface area (Å²) < 4.78 is 74.7. The first-order chi connectivity index (χ1) is 21.3. The summed E-state index contributed by atoms with van der Waals surface area (Å²) in [5.74, 6) is -2.98. The zero-order chi connectivity index (χ0) is 32.6. The second kappa shape index (κ2) is 12.6. The molecule has 1 unspecified atom stereocenters. The highest BCUT2D eigenvalue weighted by atomic mass is 35.5. The molecule has 0 spiro atoms. The fourth-order valence-electron chi connectivity index (χ4n) is 5.51. The van der Waals surface area contributed by atoms with E-state index in [4.69, 9.17) is 32.5 Å². The molecule has 0 saturated carbocycles. The average molecular weight is 651 g/mol. The Hall–Kier alpha value is -4.37. The first-order valence-corrected chi connectivity index (χ1v) is 14.2. The number of nitrogens with one attached hydrogen (secondary N) is 2. The molecule has 16 heteroatoms. The fraction of sp³-hybridized carbons (Fsp3) is 0.345. The molecule has 5 rings (SSSR count). The van der Waals surface area contributed by atoms with Gasteiger partial charge in [0.2, 0.25) is 5.82 Å². The third kappa shape index (κ3) is 6.40.